The van der Waals surface area contributed by atoms with E-state index in [0.717, 1.165) is 11.3 Å². The highest BCUT2D eigenvalue weighted by Crippen LogP contribution is 2.22. The second-order valence-electron chi connectivity index (χ2n) is 5.33. The minimum absolute atomic E-state index is 0.0961. The molecule has 0 atom stereocenters. The number of carbonyl (C=O) groups excluding carboxylic acids is 1. The normalized spacial score (nSPS) is 10.2. The van der Waals surface area contributed by atoms with Crippen LogP contribution in [0.5, 0.6) is 17.4 Å². The highest BCUT2D eigenvalue weighted by atomic mass is 19.1. The minimum Gasteiger partial charge on any atom is -0.497 e. The summed E-state index contributed by atoms with van der Waals surface area (Å²) < 4.78 is 23.7. The highest BCUT2D eigenvalue weighted by molar-refractivity contribution is 5.96. The van der Waals surface area contributed by atoms with Crippen LogP contribution in [-0.2, 0) is 6.54 Å². The third-order valence-electron chi connectivity index (χ3n) is 3.56. The van der Waals surface area contributed by atoms with Crippen LogP contribution >= 0.6 is 0 Å². The fourth-order valence-electron chi connectivity index (χ4n) is 2.19. The van der Waals surface area contributed by atoms with Crippen molar-refractivity contribution in [2.45, 2.75) is 6.54 Å². The van der Waals surface area contributed by atoms with Gasteiger partial charge in [-0.15, -0.1) is 0 Å². The van der Waals surface area contributed by atoms with Crippen molar-refractivity contribution in [2.75, 3.05) is 7.11 Å². The summed E-state index contributed by atoms with van der Waals surface area (Å²) in [5.41, 5.74) is 1.10. The van der Waals surface area contributed by atoms with Crippen LogP contribution < -0.4 is 14.8 Å². The highest BCUT2D eigenvalue weighted by Gasteiger charge is 2.15. The standard InChI is InChI=1S/C19H16FN3O3/c1-25-15-6-2-13(3-7-15)10-22-18(24)17-11-21-12-23-19(17)26-16-8-4-14(20)5-9-16/h2-9,11-12H,10H2,1H3,(H,22,24). The molecule has 0 saturated carbocycles. The monoisotopic (exact) mass is 353 g/mol. The van der Waals surface area contributed by atoms with Gasteiger partial charge in [0.1, 0.15) is 29.2 Å². The topological polar surface area (TPSA) is 73.3 Å². The van der Waals surface area contributed by atoms with E-state index in [1.54, 1.807) is 7.11 Å². The summed E-state index contributed by atoms with van der Waals surface area (Å²) in [5, 5.41) is 2.79. The van der Waals surface area contributed by atoms with Crippen molar-refractivity contribution in [3.8, 4) is 17.4 Å². The summed E-state index contributed by atoms with van der Waals surface area (Å²) >= 11 is 0. The fourth-order valence-corrected chi connectivity index (χ4v) is 2.19. The van der Waals surface area contributed by atoms with Crippen LogP contribution in [0.2, 0.25) is 0 Å². The van der Waals surface area contributed by atoms with Crippen molar-refractivity contribution < 1.29 is 18.7 Å². The minimum atomic E-state index is -0.377. The zero-order chi connectivity index (χ0) is 18.4. The van der Waals surface area contributed by atoms with Crippen LogP contribution in [-0.4, -0.2) is 23.0 Å². The molecular weight excluding hydrogens is 337 g/mol. The predicted octanol–water partition coefficient (Wildman–Crippen LogP) is 3.35. The molecule has 1 N–H and O–H groups in total. The lowest BCUT2D eigenvalue weighted by Crippen LogP contribution is -2.23. The summed E-state index contributed by atoms with van der Waals surface area (Å²) in [6.07, 6.45) is 2.65. The molecule has 3 aromatic rings. The summed E-state index contributed by atoms with van der Waals surface area (Å²) in [6.45, 7) is 0.327. The molecule has 0 fully saturated rings. The molecule has 0 bridgehead atoms. The van der Waals surface area contributed by atoms with Crippen LogP contribution in [0.3, 0.4) is 0 Å². The molecule has 1 amide bonds. The maximum atomic E-state index is 13.0. The largest absolute Gasteiger partial charge is 0.497 e. The lowest BCUT2D eigenvalue weighted by molar-refractivity contribution is 0.0947. The van der Waals surface area contributed by atoms with Crippen LogP contribution in [0.1, 0.15) is 15.9 Å². The number of nitrogens with one attached hydrogen (secondary N) is 1. The number of carbonyl (C=O) groups is 1. The van der Waals surface area contributed by atoms with Crippen molar-refractivity contribution in [3.63, 3.8) is 0 Å². The molecule has 0 aliphatic carbocycles. The van der Waals surface area contributed by atoms with Gasteiger partial charge < -0.3 is 14.8 Å². The van der Waals surface area contributed by atoms with Gasteiger partial charge in [0.05, 0.1) is 7.11 Å². The molecule has 0 radical (unpaired) electrons. The lowest BCUT2D eigenvalue weighted by Gasteiger charge is -2.10. The maximum absolute atomic E-state index is 13.0. The molecular formula is C19H16FN3O3. The second kappa shape index (κ2) is 8.06. The smallest absolute Gasteiger partial charge is 0.258 e. The third-order valence-corrected chi connectivity index (χ3v) is 3.56. The number of nitrogens with zero attached hydrogens (tertiary/aromatic N) is 2. The number of halogens is 1. The summed E-state index contributed by atoms with van der Waals surface area (Å²) in [7, 11) is 1.59. The van der Waals surface area contributed by atoms with Gasteiger partial charge in [-0.3, -0.25) is 4.79 Å². The maximum Gasteiger partial charge on any atom is 0.258 e. The van der Waals surface area contributed by atoms with Gasteiger partial charge in [-0.25, -0.2) is 14.4 Å². The number of methoxy groups -OCH3 is 1. The molecule has 1 aromatic heterocycles. The average Bonchev–Trinajstić information content (AvgIpc) is 2.68. The molecule has 132 valence electrons. The van der Waals surface area contributed by atoms with Crippen LogP contribution in [0.15, 0.2) is 61.1 Å². The molecule has 0 unspecified atom stereocenters. The first-order chi connectivity index (χ1) is 12.7. The fraction of sp³-hybridized carbons (Fsp3) is 0.105. The van der Waals surface area contributed by atoms with Crippen molar-refractivity contribution in [3.05, 3.63) is 78.0 Å². The second-order valence-corrected chi connectivity index (χ2v) is 5.33. The molecule has 1 heterocycles. The number of hydrogen-bond acceptors (Lipinski definition) is 5. The van der Waals surface area contributed by atoms with Gasteiger partial charge in [-0.05, 0) is 42.0 Å². The Bertz CT molecular complexity index is 883. The van der Waals surface area contributed by atoms with E-state index in [1.807, 2.05) is 24.3 Å². The van der Waals surface area contributed by atoms with Crippen LogP contribution in [0.4, 0.5) is 4.39 Å². The number of aromatic nitrogens is 2. The molecule has 0 aliphatic rings. The number of amides is 1. The summed E-state index contributed by atoms with van der Waals surface area (Å²) in [6, 6.07) is 12.8. The number of ether oxygens (including phenoxy) is 2. The lowest BCUT2D eigenvalue weighted by atomic mass is 10.2. The van der Waals surface area contributed by atoms with Crippen molar-refractivity contribution in [2.24, 2.45) is 0 Å². The van der Waals surface area contributed by atoms with Gasteiger partial charge >= 0.3 is 0 Å². The molecule has 7 heteroatoms. The van der Waals surface area contributed by atoms with Gasteiger partial charge in [0.25, 0.3) is 5.91 Å². The Labute approximate surface area is 149 Å². The number of hydrogen-bond donors (Lipinski definition) is 1. The molecule has 2 aromatic carbocycles. The van der Waals surface area contributed by atoms with E-state index < -0.39 is 0 Å². The SMILES string of the molecule is COc1ccc(CNC(=O)c2cncnc2Oc2ccc(F)cc2)cc1. The van der Waals surface area contributed by atoms with E-state index in [0.29, 0.717) is 12.3 Å². The number of rotatable bonds is 6. The molecule has 0 saturated heterocycles. The zero-order valence-electron chi connectivity index (χ0n) is 14.0. The van der Waals surface area contributed by atoms with Gasteiger partial charge in [0.15, 0.2) is 0 Å². The predicted molar refractivity (Wildman–Crippen MR) is 92.7 cm³/mol. The Morgan fingerprint density at radius 3 is 2.46 bits per heavy atom. The Morgan fingerprint density at radius 1 is 1.08 bits per heavy atom. The molecule has 0 spiro atoms. The molecule has 26 heavy (non-hydrogen) atoms. The van der Waals surface area contributed by atoms with Gasteiger partial charge in [-0.1, -0.05) is 12.1 Å². The van der Waals surface area contributed by atoms with Crippen molar-refractivity contribution in [1.82, 2.24) is 15.3 Å². The molecule has 3 rings (SSSR count). The van der Waals surface area contributed by atoms with Crippen molar-refractivity contribution in [1.29, 1.82) is 0 Å². The first-order valence-corrected chi connectivity index (χ1v) is 7.80. The first kappa shape index (κ1) is 17.3. The number of benzene rings is 2. The van der Waals surface area contributed by atoms with E-state index in [2.05, 4.69) is 15.3 Å². The third kappa shape index (κ3) is 4.32. The van der Waals surface area contributed by atoms with E-state index in [1.165, 1.54) is 36.8 Å². The Hall–Kier alpha value is -3.48. The van der Waals surface area contributed by atoms with E-state index in [4.69, 9.17) is 9.47 Å². The Kier molecular flexibility index (Phi) is 5.38. The quantitative estimate of drug-likeness (QED) is 0.736. The van der Waals surface area contributed by atoms with E-state index in [-0.39, 0.29) is 23.2 Å². The van der Waals surface area contributed by atoms with Gasteiger partial charge in [-0.2, -0.15) is 0 Å². The van der Waals surface area contributed by atoms with Crippen LogP contribution in [0, 0.1) is 5.82 Å². The van der Waals surface area contributed by atoms with Gasteiger partial charge in [0.2, 0.25) is 5.88 Å². The van der Waals surface area contributed by atoms with Crippen molar-refractivity contribution >= 4 is 5.91 Å². The Morgan fingerprint density at radius 2 is 1.77 bits per heavy atom. The molecule has 6 nitrogen and oxygen atoms in total. The Balaban J connectivity index is 1.69. The van der Waals surface area contributed by atoms with E-state index in [9.17, 15) is 9.18 Å². The summed E-state index contributed by atoms with van der Waals surface area (Å²) in [5.74, 6) is 0.454. The zero-order valence-corrected chi connectivity index (χ0v) is 14.0. The molecule has 0 aliphatic heterocycles. The van der Waals surface area contributed by atoms with E-state index >= 15 is 0 Å². The van der Waals surface area contributed by atoms with Crippen LogP contribution in [0.25, 0.3) is 0 Å². The van der Waals surface area contributed by atoms with Gasteiger partial charge in [0, 0.05) is 12.7 Å². The average molecular weight is 353 g/mol. The summed E-state index contributed by atoms with van der Waals surface area (Å²) in [4.78, 5) is 20.3. The first-order valence-electron chi connectivity index (χ1n) is 7.80.